The van der Waals surface area contributed by atoms with Crippen LogP contribution in [0.1, 0.15) is 62.0 Å². The van der Waals surface area contributed by atoms with Crippen LogP contribution in [0, 0.1) is 0 Å². The topological polar surface area (TPSA) is 3.24 Å². The van der Waals surface area contributed by atoms with Gasteiger partial charge in [0.05, 0.1) is 0 Å². The summed E-state index contributed by atoms with van der Waals surface area (Å²) < 4.78 is 0. The summed E-state index contributed by atoms with van der Waals surface area (Å²) in [6.07, 6.45) is 13.0. The van der Waals surface area contributed by atoms with Gasteiger partial charge in [-0.3, -0.25) is 0 Å². The third-order valence-electron chi connectivity index (χ3n) is 10.9. The van der Waals surface area contributed by atoms with Gasteiger partial charge in [-0.05, 0) is 112 Å². The van der Waals surface area contributed by atoms with E-state index >= 15 is 0 Å². The maximum Gasteiger partial charge on any atom is 0.0497 e. The normalized spacial score (nSPS) is 22.3. The van der Waals surface area contributed by atoms with Crippen LogP contribution in [0.4, 0.5) is 5.69 Å². The standard InChI is InChI=1S/C43H37N/c1-43(44(31-15-6-3-7-16-31)32-26-24-30(25-27-32)29-13-4-2-5-14-29)28-12-23-39-38-22-11-20-36-37-21-10-19-35(41(37)42(39)43)33-17-8-9-18-34(33)40(36)38/h2,4-6,8-11,13-22,24-27,39,42H,3,7,12,23,28H2,1H3. The van der Waals surface area contributed by atoms with Crippen molar-refractivity contribution >= 4 is 5.69 Å². The molecule has 5 aromatic rings. The molecule has 1 nitrogen and oxygen atoms in total. The first-order valence-electron chi connectivity index (χ1n) is 16.4. The van der Waals surface area contributed by atoms with Crippen LogP contribution < -0.4 is 4.90 Å². The minimum Gasteiger partial charge on any atom is -0.335 e. The number of fused-ring (bicyclic) bond motifs is 4. The molecule has 0 aliphatic heterocycles. The Labute approximate surface area is 261 Å². The van der Waals surface area contributed by atoms with Gasteiger partial charge in [-0.2, -0.15) is 0 Å². The van der Waals surface area contributed by atoms with Gasteiger partial charge in [0.1, 0.15) is 0 Å². The van der Waals surface area contributed by atoms with Gasteiger partial charge in [-0.25, -0.2) is 0 Å². The van der Waals surface area contributed by atoms with Crippen LogP contribution in [0.2, 0.25) is 0 Å². The lowest BCUT2D eigenvalue weighted by molar-refractivity contribution is 0.237. The second kappa shape index (κ2) is 9.96. The van der Waals surface area contributed by atoms with E-state index < -0.39 is 0 Å². The lowest BCUT2D eigenvalue weighted by atomic mass is 9.60. The maximum atomic E-state index is 2.75. The Morgan fingerprint density at radius 2 is 1.32 bits per heavy atom. The number of rotatable bonds is 4. The van der Waals surface area contributed by atoms with Crippen LogP contribution in [0.15, 0.2) is 139 Å². The predicted molar refractivity (Wildman–Crippen MR) is 185 cm³/mol. The van der Waals surface area contributed by atoms with Gasteiger partial charge >= 0.3 is 0 Å². The van der Waals surface area contributed by atoms with E-state index in [2.05, 4.69) is 145 Å². The fraction of sp³-hybridized carbons (Fsp3) is 0.209. The summed E-state index contributed by atoms with van der Waals surface area (Å²) in [4.78, 5) is 2.75. The number of nitrogens with zero attached hydrogens (tertiary/aromatic N) is 1. The molecule has 0 N–H and O–H groups in total. The zero-order valence-electron chi connectivity index (χ0n) is 25.3. The second-order valence-electron chi connectivity index (χ2n) is 13.3. The molecule has 3 atom stereocenters. The predicted octanol–water partition coefficient (Wildman–Crippen LogP) is 11.5. The second-order valence-corrected chi connectivity index (χ2v) is 13.3. The summed E-state index contributed by atoms with van der Waals surface area (Å²) >= 11 is 0. The molecule has 4 aliphatic carbocycles. The van der Waals surface area contributed by atoms with Crippen molar-refractivity contribution in [2.45, 2.75) is 56.4 Å². The smallest absolute Gasteiger partial charge is 0.0497 e. The highest BCUT2D eigenvalue weighted by Crippen LogP contribution is 2.63. The van der Waals surface area contributed by atoms with Crippen LogP contribution in [0.25, 0.3) is 44.5 Å². The summed E-state index contributed by atoms with van der Waals surface area (Å²) in [6, 6.07) is 43.6. The highest BCUT2D eigenvalue weighted by molar-refractivity contribution is 6.01. The summed E-state index contributed by atoms with van der Waals surface area (Å²) in [5.41, 5.74) is 16.7. The molecule has 0 amide bonds. The molecule has 6 bridgehead atoms. The Morgan fingerprint density at radius 1 is 0.636 bits per heavy atom. The van der Waals surface area contributed by atoms with Gasteiger partial charge in [0.2, 0.25) is 0 Å². The van der Waals surface area contributed by atoms with Crippen molar-refractivity contribution in [1.29, 1.82) is 0 Å². The number of allylic oxidation sites excluding steroid dienone is 3. The van der Waals surface area contributed by atoms with Gasteiger partial charge in [-0.1, -0.05) is 122 Å². The number of hydrogen-bond donors (Lipinski definition) is 0. The summed E-state index contributed by atoms with van der Waals surface area (Å²) in [7, 11) is 0. The zero-order chi connectivity index (χ0) is 29.3. The van der Waals surface area contributed by atoms with E-state index in [1.807, 2.05) is 0 Å². The largest absolute Gasteiger partial charge is 0.335 e. The molecule has 44 heavy (non-hydrogen) atoms. The number of anilines is 1. The Balaban J connectivity index is 1.29. The summed E-state index contributed by atoms with van der Waals surface area (Å²) in [5.74, 6) is 0.804. The number of benzene rings is 5. The maximum absolute atomic E-state index is 2.75. The Hall–Kier alpha value is -4.62. The first-order chi connectivity index (χ1) is 21.7. The molecule has 214 valence electrons. The minimum atomic E-state index is -0.119. The van der Waals surface area contributed by atoms with E-state index in [-0.39, 0.29) is 5.54 Å². The van der Waals surface area contributed by atoms with Crippen molar-refractivity contribution in [3.63, 3.8) is 0 Å². The van der Waals surface area contributed by atoms with Crippen molar-refractivity contribution < 1.29 is 0 Å². The Morgan fingerprint density at radius 3 is 2.11 bits per heavy atom. The summed E-state index contributed by atoms with van der Waals surface area (Å²) in [5, 5.41) is 0. The van der Waals surface area contributed by atoms with Crippen LogP contribution in [0.5, 0.6) is 0 Å². The SMILES string of the molecule is CC1(N(C2=CCCC=C2)c2ccc(-c3ccccc3)cc2)CCCC2c3cccc4c3-c3ccccc3-c3cccc-4c3C21. The van der Waals surface area contributed by atoms with E-state index in [4.69, 9.17) is 0 Å². The van der Waals surface area contributed by atoms with Crippen molar-refractivity contribution in [3.05, 3.63) is 150 Å². The average molecular weight is 568 g/mol. The zero-order valence-corrected chi connectivity index (χ0v) is 25.3. The van der Waals surface area contributed by atoms with Gasteiger partial charge in [0.15, 0.2) is 0 Å². The van der Waals surface area contributed by atoms with Crippen LogP contribution in [-0.2, 0) is 0 Å². The van der Waals surface area contributed by atoms with Crippen LogP contribution >= 0.6 is 0 Å². The fourth-order valence-corrected chi connectivity index (χ4v) is 9.18. The van der Waals surface area contributed by atoms with Gasteiger partial charge < -0.3 is 4.90 Å². The molecule has 1 fully saturated rings. The third-order valence-corrected chi connectivity index (χ3v) is 10.9. The monoisotopic (exact) mass is 567 g/mol. The van der Waals surface area contributed by atoms with Gasteiger partial charge in [0, 0.05) is 22.8 Å². The molecule has 0 radical (unpaired) electrons. The Kier molecular flexibility index (Phi) is 5.85. The van der Waals surface area contributed by atoms with Crippen molar-refractivity contribution in [3.8, 4) is 44.5 Å². The third kappa shape index (κ3) is 3.72. The van der Waals surface area contributed by atoms with Crippen LogP contribution in [0.3, 0.4) is 0 Å². The lowest BCUT2D eigenvalue weighted by Crippen LogP contribution is -2.54. The lowest BCUT2D eigenvalue weighted by Gasteiger charge is -2.55. The van der Waals surface area contributed by atoms with Crippen molar-refractivity contribution in [1.82, 2.24) is 0 Å². The van der Waals surface area contributed by atoms with Crippen LogP contribution in [-0.4, -0.2) is 5.54 Å². The van der Waals surface area contributed by atoms with E-state index in [0.29, 0.717) is 11.8 Å². The molecular formula is C43H37N. The molecule has 4 aliphatic rings. The van der Waals surface area contributed by atoms with E-state index in [9.17, 15) is 0 Å². The fourth-order valence-electron chi connectivity index (χ4n) is 9.18. The summed E-state index contributed by atoms with van der Waals surface area (Å²) in [6.45, 7) is 2.58. The number of hydrogen-bond acceptors (Lipinski definition) is 1. The van der Waals surface area contributed by atoms with E-state index in [0.717, 1.165) is 19.3 Å². The molecule has 0 saturated heterocycles. The molecule has 0 heterocycles. The van der Waals surface area contributed by atoms with Gasteiger partial charge in [-0.15, -0.1) is 0 Å². The van der Waals surface area contributed by atoms with Gasteiger partial charge in [0.25, 0.3) is 0 Å². The molecule has 1 saturated carbocycles. The highest BCUT2D eigenvalue weighted by Gasteiger charge is 2.52. The molecular weight excluding hydrogens is 530 g/mol. The van der Waals surface area contributed by atoms with Crippen molar-refractivity contribution in [2.24, 2.45) is 0 Å². The molecule has 0 spiro atoms. The van der Waals surface area contributed by atoms with E-state index in [1.165, 1.54) is 68.7 Å². The molecule has 5 aromatic carbocycles. The minimum absolute atomic E-state index is 0.119. The van der Waals surface area contributed by atoms with Crippen molar-refractivity contribution in [2.75, 3.05) is 4.90 Å². The average Bonchev–Trinajstić information content (AvgIpc) is 3.19. The molecule has 1 heteroatoms. The molecule has 0 aromatic heterocycles. The highest BCUT2D eigenvalue weighted by atomic mass is 15.2. The Bertz CT molecular complexity index is 1950. The quantitative estimate of drug-likeness (QED) is 0.205. The molecule has 3 unspecified atom stereocenters. The molecule has 9 rings (SSSR count). The first-order valence-corrected chi connectivity index (χ1v) is 16.4. The van der Waals surface area contributed by atoms with E-state index in [1.54, 1.807) is 11.1 Å². The first kappa shape index (κ1) is 25.8.